The molecule has 0 aromatic carbocycles. The Morgan fingerprint density at radius 2 is 1.89 bits per heavy atom. The number of aliphatic hydroxyl groups excluding tert-OH is 1. The normalized spacial score (nSPS) is 25.9. The van der Waals surface area contributed by atoms with E-state index in [0.717, 1.165) is 12.8 Å². The van der Waals surface area contributed by atoms with Crippen molar-refractivity contribution in [2.45, 2.75) is 84.7 Å². The molecule has 1 aliphatic rings. The highest BCUT2D eigenvalue weighted by Crippen LogP contribution is 2.31. The summed E-state index contributed by atoms with van der Waals surface area (Å²) in [4.78, 5) is 0. The highest BCUT2D eigenvalue weighted by atomic mass is 16.3. The summed E-state index contributed by atoms with van der Waals surface area (Å²) >= 11 is 0. The minimum Gasteiger partial charge on any atom is -0.393 e. The van der Waals surface area contributed by atoms with E-state index >= 15 is 0 Å². The van der Waals surface area contributed by atoms with Gasteiger partial charge in [-0.25, -0.2) is 0 Å². The third-order valence-electron chi connectivity index (χ3n) is 4.23. The topological polar surface area (TPSA) is 20.2 Å². The molecule has 0 fully saturated rings. The molecule has 1 N–H and O–H groups in total. The van der Waals surface area contributed by atoms with Crippen molar-refractivity contribution >= 4 is 0 Å². The molecule has 106 valence electrons. The van der Waals surface area contributed by atoms with Crippen molar-refractivity contribution < 1.29 is 5.11 Å². The van der Waals surface area contributed by atoms with E-state index in [9.17, 15) is 5.11 Å². The summed E-state index contributed by atoms with van der Waals surface area (Å²) in [6, 6.07) is 0. The maximum atomic E-state index is 10.3. The lowest BCUT2D eigenvalue weighted by atomic mass is 9.79. The van der Waals surface area contributed by atoms with Crippen LogP contribution in [0.1, 0.15) is 78.6 Å². The second kappa shape index (κ2) is 8.74. The molecule has 0 saturated carbocycles. The van der Waals surface area contributed by atoms with Gasteiger partial charge < -0.3 is 5.11 Å². The summed E-state index contributed by atoms with van der Waals surface area (Å²) in [6.45, 7) is 6.73. The Balaban J connectivity index is 2.13. The molecule has 3 unspecified atom stereocenters. The number of rotatable bonds is 8. The molecule has 0 radical (unpaired) electrons. The molecule has 1 rings (SSSR count). The second-order valence-electron chi connectivity index (χ2n) is 6.31. The molecule has 0 aromatic heterocycles. The molecule has 1 heteroatoms. The first-order chi connectivity index (χ1) is 8.63. The summed E-state index contributed by atoms with van der Waals surface area (Å²) in [6.07, 6.45) is 13.5. The molecule has 0 aromatic rings. The van der Waals surface area contributed by atoms with E-state index in [1.165, 1.54) is 50.5 Å². The van der Waals surface area contributed by atoms with E-state index < -0.39 is 0 Å². The first-order valence-electron chi connectivity index (χ1n) is 7.98. The van der Waals surface area contributed by atoms with Crippen molar-refractivity contribution in [3.8, 4) is 0 Å². The largest absolute Gasteiger partial charge is 0.393 e. The smallest absolute Gasteiger partial charge is 0.0571 e. The molecule has 1 aliphatic carbocycles. The van der Waals surface area contributed by atoms with E-state index in [4.69, 9.17) is 0 Å². The van der Waals surface area contributed by atoms with E-state index in [-0.39, 0.29) is 6.10 Å². The number of allylic oxidation sites excluding steroid dienone is 2. The zero-order valence-corrected chi connectivity index (χ0v) is 12.6. The zero-order chi connectivity index (χ0) is 13.4. The van der Waals surface area contributed by atoms with Crippen LogP contribution >= 0.6 is 0 Å². The van der Waals surface area contributed by atoms with Gasteiger partial charge in [0.2, 0.25) is 0 Å². The summed E-state index contributed by atoms with van der Waals surface area (Å²) in [7, 11) is 0. The van der Waals surface area contributed by atoms with Gasteiger partial charge in [0.1, 0.15) is 0 Å². The van der Waals surface area contributed by atoms with Crippen LogP contribution in [0, 0.1) is 11.8 Å². The third-order valence-corrected chi connectivity index (χ3v) is 4.23. The van der Waals surface area contributed by atoms with Crippen LogP contribution in [-0.2, 0) is 0 Å². The molecule has 0 bridgehead atoms. The Bertz CT molecular complexity index is 244. The van der Waals surface area contributed by atoms with Crippen LogP contribution in [0.15, 0.2) is 11.6 Å². The number of unbranched alkanes of at least 4 members (excludes halogenated alkanes) is 5. The molecular weight excluding hydrogens is 220 g/mol. The number of hydrogen-bond acceptors (Lipinski definition) is 1. The maximum absolute atomic E-state index is 10.3. The van der Waals surface area contributed by atoms with Gasteiger partial charge in [-0.3, -0.25) is 0 Å². The molecular formula is C17H32O. The standard InChI is InChI=1S/C17H32O/c1-4-5-6-7-8-9-10-17(18)16-12-14(2)11-15(3)13-16/h11,14,16-18H,4-10,12-13H2,1-3H3. The third kappa shape index (κ3) is 6.04. The first kappa shape index (κ1) is 15.8. The Labute approximate surface area is 114 Å². The van der Waals surface area contributed by atoms with Gasteiger partial charge in [0, 0.05) is 0 Å². The predicted octanol–water partition coefficient (Wildman–Crippen LogP) is 5.09. The Morgan fingerprint density at radius 1 is 1.22 bits per heavy atom. The monoisotopic (exact) mass is 252 g/mol. The zero-order valence-electron chi connectivity index (χ0n) is 12.6. The molecule has 0 heterocycles. The van der Waals surface area contributed by atoms with Gasteiger partial charge in [0.05, 0.1) is 6.10 Å². The van der Waals surface area contributed by atoms with E-state index in [2.05, 4.69) is 26.8 Å². The minimum atomic E-state index is -0.0673. The van der Waals surface area contributed by atoms with E-state index in [1.807, 2.05) is 0 Å². The second-order valence-corrected chi connectivity index (χ2v) is 6.31. The van der Waals surface area contributed by atoms with Gasteiger partial charge in [-0.1, -0.05) is 64.0 Å². The van der Waals surface area contributed by atoms with Crippen molar-refractivity contribution in [3.63, 3.8) is 0 Å². The first-order valence-corrected chi connectivity index (χ1v) is 7.98. The Morgan fingerprint density at radius 3 is 2.56 bits per heavy atom. The molecule has 3 atom stereocenters. The average molecular weight is 252 g/mol. The average Bonchev–Trinajstić information content (AvgIpc) is 2.32. The van der Waals surface area contributed by atoms with Crippen LogP contribution < -0.4 is 0 Å². The van der Waals surface area contributed by atoms with E-state index in [0.29, 0.717) is 11.8 Å². The summed E-state index contributed by atoms with van der Waals surface area (Å²) in [5.74, 6) is 1.17. The van der Waals surface area contributed by atoms with Crippen molar-refractivity contribution in [3.05, 3.63) is 11.6 Å². The van der Waals surface area contributed by atoms with Crippen LogP contribution in [0.4, 0.5) is 0 Å². The van der Waals surface area contributed by atoms with Crippen LogP contribution in [0.25, 0.3) is 0 Å². The fourth-order valence-corrected chi connectivity index (χ4v) is 3.26. The molecule has 18 heavy (non-hydrogen) atoms. The molecule has 0 saturated heterocycles. The van der Waals surface area contributed by atoms with Gasteiger partial charge in [-0.05, 0) is 38.0 Å². The lowest BCUT2D eigenvalue weighted by Crippen LogP contribution is -2.25. The summed E-state index contributed by atoms with van der Waals surface area (Å²) < 4.78 is 0. The number of aliphatic hydroxyl groups is 1. The lowest BCUT2D eigenvalue weighted by Gasteiger charge is -2.29. The predicted molar refractivity (Wildman–Crippen MR) is 79.6 cm³/mol. The molecule has 0 spiro atoms. The fourth-order valence-electron chi connectivity index (χ4n) is 3.26. The van der Waals surface area contributed by atoms with Crippen molar-refractivity contribution in [2.24, 2.45) is 11.8 Å². The minimum absolute atomic E-state index is 0.0673. The number of hydrogen-bond donors (Lipinski definition) is 1. The maximum Gasteiger partial charge on any atom is 0.0571 e. The van der Waals surface area contributed by atoms with Crippen molar-refractivity contribution in [2.75, 3.05) is 0 Å². The van der Waals surface area contributed by atoms with Gasteiger partial charge in [-0.15, -0.1) is 0 Å². The Hall–Kier alpha value is -0.300. The molecule has 0 amide bonds. The highest BCUT2D eigenvalue weighted by molar-refractivity contribution is 5.07. The van der Waals surface area contributed by atoms with Gasteiger partial charge in [0.15, 0.2) is 0 Å². The van der Waals surface area contributed by atoms with E-state index in [1.54, 1.807) is 0 Å². The quantitative estimate of drug-likeness (QED) is 0.471. The van der Waals surface area contributed by atoms with Crippen LogP contribution in [0.3, 0.4) is 0 Å². The Kier molecular flexibility index (Phi) is 7.65. The van der Waals surface area contributed by atoms with Crippen molar-refractivity contribution in [1.82, 2.24) is 0 Å². The van der Waals surface area contributed by atoms with Gasteiger partial charge in [0.25, 0.3) is 0 Å². The highest BCUT2D eigenvalue weighted by Gasteiger charge is 2.24. The van der Waals surface area contributed by atoms with Crippen LogP contribution in [0.2, 0.25) is 0 Å². The summed E-state index contributed by atoms with van der Waals surface area (Å²) in [5.41, 5.74) is 1.47. The van der Waals surface area contributed by atoms with Crippen LogP contribution in [0.5, 0.6) is 0 Å². The van der Waals surface area contributed by atoms with Crippen molar-refractivity contribution in [1.29, 1.82) is 0 Å². The van der Waals surface area contributed by atoms with Gasteiger partial charge >= 0.3 is 0 Å². The lowest BCUT2D eigenvalue weighted by molar-refractivity contribution is 0.0824. The summed E-state index contributed by atoms with van der Waals surface area (Å²) in [5, 5.41) is 10.3. The molecule has 1 nitrogen and oxygen atoms in total. The molecule has 0 aliphatic heterocycles. The van der Waals surface area contributed by atoms with Crippen LogP contribution in [-0.4, -0.2) is 11.2 Å². The SMILES string of the molecule is CCCCCCCCC(O)C1CC(C)=CC(C)C1. The fraction of sp³-hybridized carbons (Fsp3) is 0.882. The van der Waals surface area contributed by atoms with Gasteiger partial charge in [-0.2, -0.15) is 0 Å².